The molecule has 1 heterocycles. The van der Waals surface area contributed by atoms with Crippen molar-refractivity contribution in [1.82, 2.24) is 0 Å². The monoisotopic (exact) mass is 206 g/mol. The first-order valence-corrected chi connectivity index (χ1v) is 5.06. The first kappa shape index (κ1) is 10.8. The highest BCUT2D eigenvalue weighted by Gasteiger charge is 2.62. The predicted molar refractivity (Wildman–Crippen MR) is 49.6 cm³/mol. The van der Waals surface area contributed by atoms with Gasteiger partial charge in [-0.25, -0.2) is 4.79 Å². The van der Waals surface area contributed by atoms with Crippen LogP contribution in [0.5, 0.6) is 0 Å². The quantitative estimate of drug-likeness (QED) is 0.393. The second-order valence-corrected chi connectivity index (χ2v) is 3.68. The first-order chi connectivity index (χ1) is 6.15. The molecule has 1 aliphatic heterocycles. The Morgan fingerprint density at radius 2 is 2.31 bits per heavy atom. The molecule has 0 aromatic carbocycles. The smallest absolute Gasteiger partial charge is 0.357 e. The number of halogens is 1. The van der Waals surface area contributed by atoms with Gasteiger partial charge in [-0.3, -0.25) is 0 Å². The fourth-order valence-electron chi connectivity index (χ4n) is 1.22. The van der Waals surface area contributed by atoms with Gasteiger partial charge in [0.05, 0.1) is 6.61 Å². The van der Waals surface area contributed by atoms with Crippen LogP contribution in [0.3, 0.4) is 0 Å². The van der Waals surface area contributed by atoms with E-state index in [1.807, 2.05) is 0 Å². The summed E-state index contributed by atoms with van der Waals surface area (Å²) < 4.78 is 9.89. The van der Waals surface area contributed by atoms with Gasteiger partial charge < -0.3 is 9.47 Å². The number of rotatable bonds is 5. The van der Waals surface area contributed by atoms with Crippen molar-refractivity contribution in [2.75, 3.05) is 6.61 Å². The van der Waals surface area contributed by atoms with E-state index in [1.165, 1.54) is 0 Å². The maximum Gasteiger partial charge on any atom is 0.357 e. The summed E-state index contributed by atoms with van der Waals surface area (Å²) in [5, 5.41) is -1.16. The lowest BCUT2D eigenvalue weighted by molar-refractivity contribution is -0.146. The Balaban J connectivity index is 2.31. The van der Waals surface area contributed by atoms with Crippen molar-refractivity contribution in [3.8, 4) is 0 Å². The third kappa shape index (κ3) is 2.35. The summed E-state index contributed by atoms with van der Waals surface area (Å²) in [5.74, 6) is -0.447. The third-order valence-corrected chi connectivity index (χ3v) is 2.53. The molecule has 0 radical (unpaired) electrons. The molecule has 1 saturated heterocycles. The Labute approximate surface area is 83.3 Å². The van der Waals surface area contributed by atoms with Crippen LogP contribution in [0.4, 0.5) is 0 Å². The molecule has 0 aromatic heterocycles. The van der Waals surface area contributed by atoms with Crippen LogP contribution >= 0.6 is 11.6 Å². The molecule has 1 aliphatic rings. The molecule has 76 valence electrons. The van der Waals surface area contributed by atoms with Gasteiger partial charge in [0.15, 0.2) is 0 Å². The summed E-state index contributed by atoms with van der Waals surface area (Å²) in [5.41, 5.74) is 0. The number of alkyl halides is 1. The van der Waals surface area contributed by atoms with Crippen molar-refractivity contribution in [3.05, 3.63) is 0 Å². The Hall–Kier alpha value is -0.280. The summed E-state index contributed by atoms with van der Waals surface area (Å²) in [4.78, 5) is 11.2. The fraction of sp³-hybridized carbons (Fsp3) is 0.889. The first-order valence-electron chi connectivity index (χ1n) is 4.69. The van der Waals surface area contributed by atoms with Gasteiger partial charge >= 0.3 is 5.97 Å². The maximum atomic E-state index is 11.2. The molecular weight excluding hydrogens is 192 g/mol. The van der Waals surface area contributed by atoms with Crippen LogP contribution in [0, 0.1) is 0 Å². The van der Waals surface area contributed by atoms with Crippen LogP contribution in [0.25, 0.3) is 0 Å². The fourth-order valence-corrected chi connectivity index (χ4v) is 1.49. The van der Waals surface area contributed by atoms with Crippen molar-refractivity contribution in [1.29, 1.82) is 0 Å². The average molecular weight is 207 g/mol. The van der Waals surface area contributed by atoms with E-state index in [1.54, 1.807) is 6.92 Å². The van der Waals surface area contributed by atoms with Crippen molar-refractivity contribution in [2.45, 2.75) is 44.3 Å². The Morgan fingerprint density at radius 3 is 2.85 bits per heavy atom. The second kappa shape index (κ2) is 4.29. The summed E-state index contributed by atoms with van der Waals surface area (Å²) in [6.07, 6.45) is 2.79. The largest absolute Gasteiger partial charge is 0.463 e. The zero-order valence-electron chi connectivity index (χ0n) is 8.01. The van der Waals surface area contributed by atoms with E-state index >= 15 is 0 Å². The van der Waals surface area contributed by atoms with Crippen LogP contribution in [-0.4, -0.2) is 23.7 Å². The normalized spacial score (nSPS) is 31.5. The minimum Gasteiger partial charge on any atom is -0.463 e. The highest BCUT2D eigenvalue weighted by atomic mass is 35.5. The Bertz CT molecular complexity index is 195. The third-order valence-electron chi connectivity index (χ3n) is 2.04. The van der Waals surface area contributed by atoms with Crippen molar-refractivity contribution in [2.24, 2.45) is 0 Å². The SMILES string of the molecule is CCCCC1OC1(Cl)C(=O)OCC. The summed E-state index contributed by atoms with van der Waals surface area (Å²) in [6.45, 7) is 4.18. The zero-order chi connectivity index (χ0) is 9.90. The molecule has 2 atom stereocenters. The zero-order valence-corrected chi connectivity index (χ0v) is 8.76. The number of epoxide rings is 1. The van der Waals surface area contributed by atoms with Crippen molar-refractivity contribution >= 4 is 17.6 Å². The van der Waals surface area contributed by atoms with Crippen LogP contribution in [0.15, 0.2) is 0 Å². The molecule has 0 aromatic rings. The van der Waals surface area contributed by atoms with Crippen LogP contribution in [0.1, 0.15) is 33.1 Å². The lowest BCUT2D eigenvalue weighted by Crippen LogP contribution is -2.23. The lowest BCUT2D eigenvalue weighted by atomic mass is 10.1. The van der Waals surface area contributed by atoms with Crippen molar-refractivity contribution < 1.29 is 14.3 Å². The van der Waals surface area contributed by atoms with Gasteiger partial charge in [-0.2, -0.15) is 0 Å². The second-order valence-electron chi connectivity index (χ2n) is 3.11. The number of ether oxygens (including phenoxy) is 2. The average Bonchev–Trinajstić information content (AvgIpc) is 2.76. The van der Waals surface area contributed by atoms with E-state index in [0.29, 0.717) is 6.61 Å². The molecular formula is C9H15ClO3. The van der Waals surface area contributed by atoms with Crippen LogP contribution in [-0.2, 0) is 14.3 Å². The number of hydrogen-bond acceptors (Lipinski definition) is 3. The number of hydrogen-bond donors (Lipinski definition) is 0. The molecule has 0 bridgehead atoms. The van der Waals surface area contributed by atoms with Crippen molar-refractivity contribution in [3.63, 3.8) is 0 Å². The Kier molecular flexibility index (Phi) is 3.56. The number of esters is 1. The summed E-state index contributed by atoms with van der Waals surface area (Å²) >= 11 is 5.88. The molecule has 1 fully saturated rings. The highest BCUT2D eigenvalue weighted by Crippen LogP contribution is 2.44. The molecule has 3 nitrogen and oxygen atoms in total. The van der Waals surface area contributed by atoms with Gasteiger partial charge in [-0.1, -0.05) is 31.4 Å². The van der Waals surface area contributed by atoms with Gasteiger partial charge in [0.25, 0.3) is 5.06 Å². The molecule has 4 heteroatoms. The topological polar surface area (TPSA) is 38.8 Å². The molecule has 0 spiro atoms. The molecule has 13 heavy (non-hydrogen) atoms. The van der Waals surface area contributed by atoms with Crippen LogP contribution in [0.2, 0.25) is 0 Å². The molecule has 2 unspecified atom stereocenters. The summed E-state index contributed by atoms with van der Waals surface area (Å²) in [6, 6.07) is 0. The summed E-state index contributed by atoms with van der Waals surface area (Å²) in [7, 11) is 0. The van der Waals surface area contributed by atoms with E-state index in [4.69, 9.17) is 21.1 Å². The number of carbonyl (C=O) groups excluding carboxylic acids is 1. The lowest BCUT2D eigenvalue weighted by Gasteiger charge is -2.02. The van der Waals surface area contributed by atoms with Gasteiger partial charge in [0, 0.05) is 0 Å². The van der Waals surface area contributed by atoms with E-state index in [-0.39, 0.29) is 6.10 Å². The molecule has 0 saturated carbocycles. The Morgan fingerprint density at radius 1 is 1.62 bits per heavy atom. The van der Waals surface area contributed by atoms with E-state index in [9.17, 15) is 4.79 Å². The molecule has 0 amide bonds. The highest BCUT2D eigenvalue weighted by molar-refractivity contribution is 6.35. The van der Waals surface area contributed by atoms with Crippen LogP contribution < -0.4 is 0 Å². The predicted octanol–water partition coefficient (Wildman–Crippen LogP) is 2.07. The van der Waals surface area contributed by atoms with Gasteiger partial charge in [0.2, 0.25) is 0 Å². The molecule has 0 N–H and O–H groups in total. The van der Waals surface area contributed by atoms with Gasteiger partial charge in [-0.05, 0) is 13.3 Å². The van der Waals surface area contributed by atoms with E-state index < -0.39 is 11.0 Å². The van der Waals surface area contributed by atoms with Gasteiger partial charge in [-0.15, -0.1) is 0 Å². The molecule has 0 aliphatic carbocycles. The number of unbranched alkanes of at least 4 members (excludes halogenated alkanes) is 1. The van der Waals surface area contributed by atoms with E-state index in [0.717, 1.165) is 19.3 Å². The standard InChI is InChI=1S/C9H15ClO3/c1-3-5-6-7-9(10,13-7)8(11)12-4-2/h7H,3-6H2,1-2H3. The number of carbonyl (C=O) groups is 1. The van der Waals surface area contributed by atoms with Gasteiger partial charge in [0.1, 0.15) is 6.10 Å². The molecule has 1 rings (SSSR count). The minimum absolute atomic E-state index is 0.145. The van der Waals surface area contributed by atoms with E-state index in [2.05, 4.69) is 6.92 Å². The minimum atomic E-state index is -1.16. The maximum absolute atomic E-state index is 11.2.